The third-order valence-electron chi connectivity index (χ3n) is 4.83. The summed E-state index contributed by atoms with van der Waals surface area (Å²) in [5.74, 6) is 0.247. The van der Waals surface area contributed by atoms with Crippen LogP contribution in [0.1, 0.15) is 53.1 Å². The third-order valence-corrected chi connectivity index (χ3v) is 4.83. The Labute approximate surface area is 137 Å². The van der Waals surface area contributed by atoms with Crippen molar-refractivity contribution in [3.05, 3.63) is 71.3 Å². The molecular formula is C20H24N2O. The van der Waals surface area contributed by atoms with E-state index in [0.29, 0.717) is 17.5 Å². The number of primary amides is 1. The quantitative estimate of drug-likeness (QED) is 0.886. The molecule has 0 heterocycles. The minimum absolute atomic E-state index is 0.356. The zero-order valence-corrected chi connectivity index (χ0v) is 13.4. The molecule has 0 unspecified atom stereocenters. The largest absolute Gasteiger partial charge is 0.366 e. The molecule has 0 bridgehead atoms. The minimum atomic E-state index is -0.356. The number of hydrogen-bond acceptors (Lipinski definition) is 2. The van der Waals surface area contributed by atoms with Crippen LogP contribution in [0.25, 0.3) is 0 Å². The second-order valence-electron chi connectivity index (χ2n) is 6.40. The van der Waals surface area contributed by atoms with Gasteiger partial charge in [0.15, 0.2) is 0 Å². The predicted octanol–water partition coefficient (Wildman–Crippen LogP) is 3.60. The molecule has 1 fully saturated rings. The fraction of sp³-hybridized carbons (Fsp3) is 0.350. The second-order valence-corrected chi connectivity index (χ2v) is 6.40. The van der Waals surface area contributed by atoms with Crippen LogP contribution in [0.3, 0.4) is 0 Å². The highest BCUT2D eigenvalue weighted by molar-refractivity contribution is 5.92. The molecule has 0 radical (unpaired) electrons. The third kappa shape index (κ3) is 4.20. The highest BCUT2D eigenvalue weighted by Crippen LogP contribution is 2.33. The lowest BCUT2D eigenvalue weighted by Gasteiger charge is -2.29. The van der Waals surface area contributed by atoms with Crippen molar-refractivity contribution in [2.75, 3.05) is 0 Å². The Morgan fingerprint density at radius 1 is 0.957 bits per heavy atom. The zero-order valence-electron chi connectivity index (χ0n) is 13.4. The Bertz CT molecular complexity index is 628. The smallest absolute Gasteiger partial charge is 0.248 e. The number of carbonyl (C=O) groups is 1. The van der Waals surface area contributed by atoms with Gasteiger partial charge in [-0.25, -0.2) is 0 Å². The maximum absolute atomic E-state index is 11.1. The standard InChI is InChI=1S/C20H24N2O/c21-20(23)18-8-6-16(7-9-18)17-10-12-19(13-11-17)22-14-15-4-2-1-3-5-15/h1-9,17,19,22H,10-14H2,(H2,21,23)/t17-,19-. The van der Waals surface area contributed by atoms with Crippen molar-refractivity contribution in [2.45, 2.75) is 44.2 Å². The van der Waals surface area contributed by atoms with E-state index >= 15 is 0 Å². The van der Waals surface area contributed by atoms with Gasteiger partial charge in [-0.05, 0) is 54.9 Å². The van der Waals surface area contributed by atoms with Crippen LogP contribution >= 0.6 is 0 Å². The SMILES string of the molecule is NC(=O)c1ccc([C@H]2CC[C@H](NCc3ccccc3)CC2)cc1. The predicted molar refractivity (Wildman–Crippen MR) is 93.2 cm³/mol. The Morgan fingerprint density at radius 3 is 2.22 bits per heavy atom. The van der Waals surface area contributed by atoms with E-state index in [2.05, 4.69) is 47.8 Å². The highest BCUT2D eigenvalue weighted by atomic mass is 16.1. The number of amides is 1. The summed E-state index contributed by atoms with van der Waals surface area (Å²) >= 11 is 0. The summed E-state index contributed by atoms with van der Waals surface area (Å²) in [4.78, 5) is 11.1. The van der Waals surface area contributed by atoms with E-state index in [9.17, 15) is 4.79 Å². The molecule has 0 atom stereocenters. The molecule has 23 heavy (non-hydrogen) atoms. The average Bonchev–Trinajstić information content (AvgIpc) is 2.61. The second kappa shape index (κ2) is 7.42. The lowest BCUT2D eigenvalue weighted by Crippen LogP contribution is -2.32. The van der Waals surface area contributed by atoms with Gasteiger partial charge in [0.1, 0.15) is 0 Å². The Balaban J connectivity index is 1.49. The summed E-state index contributed by atoms with van der Waals surface area (Å²) in [6.45, 7) is 0.948. The van der Waals surface area contributed by atoms with Crippen molar-refractivity contribution in [2.24, 2.45) is 5.73 Å². The molecule has 3 heteroatoms. The molecule has 2 aromatic rings. The molecule has 1 amide bonds. The van der Waals surface area contributed by atoms with Crippen molar-refractivity contribution in [1.82, 2.24) is 5.32 Å². The Hall–Kier alpha value is -2.13. The van der Waals surface area contributed by atoms with Crippen molar-refractivity contribution in [3.8, 4) is 0 Å². The van der Waals surface area contributed by atoms with Crippen LogP contribution in [-0.2, 0) is 6.54 Å². The molecule has 0 aromatic heterocycles. The molecule has 0 aliphatic heterocycles. The number of benzene rings is 2. The maximum Gasteiger partial charge on any atom is 0.248 e. The van der Waals surface area contributed by atoms with Gasteiger partial charge in [0.25, 0.3) is 0 Å². The van der Waals surface area contributed by atoms with Crippen LogP contribution in [0.2, 0.25) is 0 Å². The van der Waals surface area contributed by atoms with E-state index < -0.39 is 0 Å². The minimum Gasteiger partial charge on any atom is -0.366 e. The molecule has 3 rings (SSSR count). The first-order valence-electron chi connectivity index (χ1n) is 8.39. The Morgan fingerprint density at radius 2 is 1.61 bits per heavy atom. The summed E-state index contributed by atoms with van der Waals surface area (Å²) in [5.41, 5.74) is 8.56. The van der Waals surface area contributed by atoms with Crippen LogP contribution in [0.15, 0.2) is 54.6 Å². The zero-order chi connectivity index (χ0) is 16.1. The van der Waals surface area contributed by atoms with Crippen molar-refractivity contribution in [3.63, 3.8) is 0 Å². The fourth-order valence-corrected chi connectivity index (χ4v) is 3.41. The molecular weight excluding hydrogens is 284 g/mol. The van der Waals surface area contributed by atoms with Gasteiger partial charge in [0, 0.05) is 18.2 Å². The molecule has 3 nitrogen and oxygen atoms in total. The van der Waals surface area contributed by atoms with Gasteiger partial charge >= 0.3 is 0 Å². The summed E-state index contributed by atoms with van der Waals surface area (Å²) < 4.78 is 0. The first-order chi connectivity index (χ1) is 11.2. The monoisotopic (exact) mass is 308 g/mol. The van der Waals surface area contributed by atoms with E-state index in [0.717, 1.165) is 6.54 Å². The van der Waals surface area contributed by atoms with Gasteiger partial charge in [-0.3, -0.25) is 4.79 Å². The van der Waals surface area contributed by atoms with Crippen LogP contribution in [-0.4, -0.2) is 11.9 Å². The summed E-state index contributed by atoms with van der Waals surface area (Å²) in [5, 5.41) is 3.67. The topological polar surface area (TPSA) is 55.1 Å². The van der Waals surface area contributed by atoms with E-state index in [1.807, 2.05) is 12.1 Å². The number of carbonyl (C=O) groups excluding carboxylic acids is 1. The van der Waals surface area contributed by atoms with E-state index in [-0.39, 0.29) is 5.91 Å². The van der Waals surface area contributed by atoms with Crippen LogP contribution in [0.4, 0.5) is 0 Å². The molecule has 1 aliphatic rings. The van der Waals surface area contributed by atoms with Crippen LogP contribution in [0.5, 0.6) is 0 Å². The molecule has 0 spiro atoms. The molecule has 2 aromatic carbocycles. The number of nitrogens with two attached hydrogens (primary N) is 1. The van der Waals surface area contributed by atoms with Crippen LogP contribution in [0, 0.1) is 0 Å². The van der Waals surface area contributed by atoms with Gasteiger partial charge < -0.3 is 11.1 Å². The van der Waals surface area contributed by atoms with E-state index in [4.69, 9.17) is 5.73 Å². The summed E-state index contributed by atoms with van der Waals surface area (Å²) in [6.07, 6.45) is 4.80. The first-order valence-corrected chi connectivity index (χ1v) is 8.39. The summed E-state index contributed by atoms with van der Waals surface area (Å²) in [7, 11) is 0. The molecule has 120 valence electrons. The summed E-state index contributed by atoms with van der Waals surface area (Å²) in [6, 6.07) is 19.0. The van der Waals surface area contributed by atoms with Crippen LogP contribution < -0.4 is 11.1 Å². The number of rotatable bonds is 5. The normalized spacial score (nSPS) is 21.0. The Kier molecular flexibility index (Phi) is 5.09. The fourth-order valence-electron chi connectivity index (χ4n) is 3.41. The first kappa shape index (κ1) is 15.8. The van der Waals surface area contributed by atoms with Gasteiger partial charge in [-0.1, -0.05) is 42.5 Å². The highest BCUT2D eigenvalue weighted by Gasteiger charge is 2.22. The molecule has 1 aliphatic carbocycles. The molecule has 0 saturated heterocycles. The van der Waals surface area contributed by atoms with Gasteiger partial charge in [-0.15, -0.1) is 0 Å². The maximum atomic E-state index is 11.1. The van der Waals surface area contributed by atoms with Gasteiger partial charge in [-0.2, -0.15) is 0 Å². The van der Waals surface area contributed by atoms with E-state index in [1.165, 1.54) is 36.8 Å². The lowest BCUT2D eigenvalue weighted by atomic mass is 9.81. The average molecular weight is 308 g/mol. The van der Waals surface area contributed by atoms with Crippen molar-refractivity contribution < 1.29 is 4.79 Å². The van der Waals surface area contributed by atoms with Crippen molar-refractivity contribution >= 4 is 5.91 Å². The molecule has 3 N–H and O–H groups in total. The van der Waals surface area contributed by atoms with Gasteiger partial charge in [0.05, 0.1) is 0 Å². The van der Waals surface area contributed by atoms with Gasteiger partial charge in [0.2, 0.25) is 5.91 Å². The number of hydrogen-bond donors (Lipinski definition) is 2. The van der Waals surface area contributed by atoms with Crippen molar-refractivity contribution in [1.29, 1.82) is 0 Å². The lowest BCUT2D eigenvalue weighted by molar-refractivity contribution is 0.100. The number of nitrogens with one attached hydrogen (secondary N) is 1. The van der Waals surface area contributed by atoms with E-state index in [1.54, 1.807) is 0 Å². The molecule has 1 saturated carbocycles.